The summed E-state index contributed by atoms with van der Waals surface area (Å²) in [6.45, 7) is 2.61. The van der Waals surface area contributed by atoms with Crippen molar-refractivity contribution in [3.8, 4) is 11.5 Å². The topological polar surface area (TPSA) is 115 Å². The highest BCUT2D eigenvalue weighted by atomic mass is 32.2. The first-order valence-corrected chi connectivity index (χ1v) is 11.7. The van der Waals surface area contributed by atoms with Crippen molar-refractivity contribution in [3.05, 3.63) is 77.4 Å². The number of hydrogen-bond donors (Lipinski definition) is 2. The summed E-state index contributed by atoms with van der Waals surface area (Å²) in [6.07, 6.45) is -6.10. The second kappa shape index (κ2) is 11.2. The molecule has 3 rings (SSSR count). The Kier molecular flexibility index (Phi) is 8.41. The van der Waals surface area contributed by atoms with Crippen LogP contribution in [0.15, 0.2) is 59.5 Å². The molecule has 2 atom stereocenters. The Balaban J connectivity index is 1.92. The van der Waals surface area contributed by atoms with E-state index in [4.69, 9.17) is 4.74 Å². The number of hydrogen-bond acceptors (Lipinski definition) is 6. The second-order valence-corrected chi connectivity index (χ2v) is 9.29. The summed E-state index contributed by atoms with van der Waals surface area (Å²) in [4.78, 5) is 28.6. The monoisotopic (exact) mass is 539 g/mol. The molecule has 0 unspecified atom stereocenters. The Bertz CT molecular complexity index is 1320. The van der Waals surface area contributed by atoms with Gasteiger partial charge in [0.05, 0.1) is 23.9 Å². The molecule has 1 aromatic heterocycles. The summed E-state index contributed by atoms with van der Waals surface area (Å²) in [5.41, 5.74) is -1.17. The number of alkyl halides is 3. The third-order valence-electron chi connectivity index (χ3n) is 4.99. The van der Waals surface area contributed by atoms with Crippen molar-refractivity contribution in [2.45, 2.75) is 31.0 Å². The fourth-order valence-corrected chi connectivity index (χ4v) is 4.15. The zero-order valence-corrected chi connectivity index (χ0v) is 20.5. The van der Waals surface area contributed by atoms with Gasteiger partial charge in [0.25, 0.3) is 11.8 Å². The van der Waals surface area contributed by atoms with Crippen molar-refractivity contribution in [1.29, 1.82) is 0 Å². The molecule has 37 heavy (non-hydrogen) atoms. The number of pyridine rings is 1. The average molecular weight is 540 g/mol. The predicted octanol–water partition coefficient (Wildman–Crippen LogP) is 4.45. The average Bonchev–Trinajstić information content (AvgIpc) is 2.83. The van der Waals surface area contributed by atoms with Crippen LogP contribution in [-0.4, -0.2) is 43.9 Å². The van der Waals surface area contributed by atoms with E-state index in [1.54, 1.807) is 0 Å². The predicted molar refractivity (Wildman–Crippen MR) is 126 cm³/mol. The first-order chi connectivity index (χ1) is 17.3. The molecule has 0 saturated heterocycles. The minimum atomic E-state index is -4.73. The van der Waals surface area contributed by atoms with Crippen LogP contribution in [0, 0.1) is 12.9 Å². The number of likely N-dealkylation sites (N-methyl/N-ethyl adjacent to an activating group) is 1. The van der Waals surface area contributed by atoms with Crippen molar-refractivity contribution < 1.29 is 41.5 Å². The van der Waals surface area contributed by atoms with Crippen LogP contribution in [0.3, 0.4) is 0 Å². The zero-order chi connectivity index (χ0) is 27.5. The molecule has 0 spiro atoms. The molecule has 13 heteroatoms. The summed E-state index contributed by atoms with van der Waals surface area (Å²) in [5, 5.41) is 11.9. The highest BCUT2D eigenvalue weighted by Crippen LogP contribution is 2.36. The maximum absolute atomic E-state index is 13.3. The highest BCUT2D eigenvalue weighted by molar-refractivity contribution is 7.89. The number of aliphatic hydroxyl groups excluding tert-OH is 1. The van der Waals surface area contributed by atoms with Gasteiger partial charge < -0.3 is 19.7 Å². The van der Waals surface area contributed by atoms with Gasteiger partial charge in [0.1, 0.15) is 29.0 Å². The van der Waals surface area contributed by atoms with E-state index in [1.165, 1.54) is 51.2 Å². The number of nitrogens with one attached hydrogen (secondary N) is 1. The van der Waals surface area contributed by atoms with Crippen molar-refractivity contribution >= 4 is 28.9 Å². The number of halogens is 4. The van der Waals surface area contributed by atoms with Crippen LogP contribution in [0.2, 0.25) is 0 Å². The van der Waals surface area contributed by atoms with Gasteiger partial charge in [0.2, 0.25) is 5.95 Å². The van der Waals surface area contributed by atoms with Gasteiger partial charge >= 0.3 is 6.18 Å². The van der Waals surface area contributed by atoms with Crippen LogP contribution in [0.1, 0.15) is 28.5 Å². The van der Waals surface area contributed by atoms with Gasteiger partial charge in [-0.25, -0.2) is 4.98 Å². The van der Waals surface area contributed by atoms with Crippen LogP contribution < -0.4 is 10.1 Å². The number of aryl methyl sites for hydroxylation is 1. The van der Waals surface area contributed by atoms with Crippen LogP contribution in [0.25, 0.3) is 0 Å². The molecular weight excluding hydrogens is 518 g/mol. The van der Waals surface area contributed by atoms with Crippen molar-refractivity contribution in [1.82, 2.24) is 9.29 Å². The minimum Gasteiger partial charge on any atom is -0.588 e. The number of carbonyl (C=O) groups excluding carboxylic acids is 2. The largest absolute Gasteiger partial charge is 0.588 e. The van der Waals surface area contributed by atoms with E-state index < -0.39 is 52.7 Å². The number of anilines is 1. The molecule has 0 fully saturated rings. The van der Waals surface area contributed by atoms with Gasteiger partial charge in [-0.2, -0.15) is 21.9 Å². The Hall–Kier alpha value is -3.68. The third-order valence-corrected chi connectivity index (χ3v) is 6.32. The van der Waals surface area contributed by atoms with Gasteiger partial charge in [-0.15, -0.1) is 0 Å². The van der Waals surface area contributed by atoms with Crippen molar-refractivity contribution in [3.63, 3.8) is 0 Å². The van der Waals surface area contributed by atoms with Gasteiger partial charge in [0.15, 0.2) is 4.90 Å². The molecule has 3 aromatic rings. The highest BCUT2D eigenvalue weighted by Gasteiger charge is 2.32. The van der Waals surface area contributed by atoms with E-state index in [0.717, 1.165) is 16.4 Å². The lowest BCUT2D eigenvalue weighted by molar-refractivity contribution is -0.137. The first kappa shape index (κ1) is 27.9. The molecule has 0 saturated carbocycles. The quantitative estimate of drug-likeness (QED) is 0.260. The van der Waals surface area contributed by atoms with Crippen LogP contribution in [0.4, 0.5) is 23.2 Å². The molecule has 2 N–H and O–H groups in total. The number of amides is 2. The smallest absolute Gasteiger partial charge is 0.416 e. The Labute approximate surface area is 212 Å². The van der Waals surface area contributed by atoms with Gasteiger partial charge in [-0.1, -0.05) is 6.07 Å². The summed E-state index contributed by atoms with van der Waals surface area (Å²) in [7, 11) is 1.23. The third kappa shape index (κ3) is 6.76. The summed E-state index contributed by atoms with van der Waals surface area (Å²) >= 11 is -2.01. The maximum Gasteiger partial charge on any atom is 0.416 e. The number of rotatable bonds is 7. The summed E-state index contributed by atoms with van der Waals surface area (Å²) in [6, 6.07) is 10.0. The minimum absolute atomic E-state index is 0.0508. The fourth-order valence-electron chi connectivity index (χ4n) is 3.10. The lowest BCUT2D eigenvalue weighted by Crippen LogP contribution is -2.39. The SMILES string of the molecule is Cc1nc(F)ccc1Oc1cc(C(F)(F)F)ccc1C(=O)Nc1cccc([S@@+]([O-])N(C)C(=O)[C@@H](C)O)c1. The standard InChI is InChI=1S/C24H21F4N3O5S/c1-13-19(9-10-21(25)29-13)36-20-11-15(24(26,27)28)7-8-18(20)22(33)30-16-5-4-6-17(12-16)37(35)31(3)23(34)14(2)32/h4-12,14,32H,1-3H3,(H,30,33)/t14-,37-/m1/s1. The molecule has 1 heterocycles. The molecule has 0 aliphatic rings. The van der Waals surface area contributed by atoms with E-state index in [-0.39, 0.29) is 27.6 Å². The lowest BCUT2D eigenvalue weighted by atomic mass is 10.1. The van der Waals surface area contributed by atoms with Crippen LogP contribution >= 0.6 is 0 Å². The number of carbonyl (C=O) groups is 2. The maximum atomic E-state index is 13.3. The summed E-state index contributed by atoms with van der Waals surface area (Å²) in [5.74, 6) is -2.97. The number of aliphatic hydroxyl groups is 1. The molecule has 0 aliphatic heterocycles. The zero-order valence-electron chi connectivity index (χ0n) is 19.7. The Morgan fingerprint density at radius 3 is 2.46 bits per heavy atom. The number of aromatic nitrogens is 1. The van der Waals surface area contributed by atoms with Crippen molar-refractivity contribution in [2.75, 3.05) is 12.4 Å². The first-order valence-electron chi connectivity index (χ1n) is 10.6. The Morgan fingerprint density at radius 1 is 1.14 bits per heavy atom. The van der Waals surface area contributed by atoms with Crippen molar-refractivity contribution in [2.24, 2.45) is 0 Å². The van der Waals surface area contributed by atoms with Crippen LogP contribution in [0.5, 0.6) is 11.5 Å². The molecule has 0 aliphatic carbocycles. The van der Waals surface area contributed by atoms with E-state index in [0.29, 0.717) is 12.1 Å². The van der Waals surface area contributed by atoms with Gasteiger partial charge in [-0.3, -0.25) is 9.59 Å². The second-order valence-electron chi connectivity index (χ2n) is 7.77. The molecule has 8 nitrogen and oxygen atoms in total. The molecular formula is C24H21F4N3O5S. The number of benzene rings is 2. The van der Waals surface area contributed by atoms with Gasteiger partial charge in [-0.05, 0) is 56.3 Å². The fraction of sp³-hybridized carbons (Fsp3) is 0.208. The molecule has 2 amide bonds. The van der Waals surface area contributed by atoms with E-state index >= 15 is 0 Å². The van der Waals surface area contributed by atoms with E-state index in [9.17, 15) is 36.8 Å². The number of ether oxygens (including phenoxy) is 1. The molecule has 2 aromatic carbocycles. The molecule has 0 bridgehead atoms. The molecule has 0 radical (unpaired) electrons. The molecule has 196 valence electrons. The van der Waals surface area contributed by atoms with Crippen LogP contribution in [-0.2, 0) is 22.3 Å². The number of nitrogens with zero attached hydrogens (tertiary/aromatic N) is 2. The normalized spacial score (nSPS) is 13.0. The van der Waals surface area contributed by atoms with Gasteiger partial charge in [0, 0.05) is 11.8 Å². The lowest BCUT2D eigenvalue weighted by Gasteiger charge is -2.21. The van der Waals surface area contributed by atoms with E-state index in [2.05, 4.69) is 10.3 Å². The van der Waals surface area contributed by atoms with E-state index in [1.807, 2.05) is 0 Å². The summed E-state index contributed by atoms with van der Waals surface area (Å²) < 4.78 is 72.3. The Morgan fingerprint density at radius 2 is 1.84 bits per heavy atom.